The van der Waals surface area contributed by atoms with Gasteiger partial charge in [-0.1, -0.05) is 31.2 Å². The zero-order valence-corrected chi connectivity index (χ0v) is 14.3. The third-order valence-electron chi connectivity index (χ3n) is 4.06. The minimum atomic E-state index is 0.0265. The molecule has 0 saturated carbocycles. The van der Waals surface area contributed by atoms with Gasteiger partial charge in [-0.25, -0.2) is 9.97 Å². The second kappa shape index (κ2) is 8.24. The Balaban J connectivity index is 1.46. The van der Waals surface area contributed by atoms with Gasteiger partial charge in [0, 0.05) is 24.0 Å². The Morgan fingerprint density at radius 3 is 2.64 bits per heavy atom. The molecule has 0 radical (unpaired) electrons. The maximum absolute atomic E-state index is 12.0. The number of hydrogen-bond donors (Lipinski definition) is 2. The van der Waals surface area contributed by atoms with Gasteiger partial charge < -0.3 is 10.6 Å². The first-order valence-corrected chi connectivity index (χ1v) is 8.58. The maximum Gasteiger partial charge on any atom is 0.224 e. The van der Waals surface area contributed by atoms with Crippen LogP contribution in [-0.4, -0.2) is 22.4 Å². The van der Waals surface area contributed by atoms with Crippen LogP contribution in [0.15, 0.2) is 54.9 Å². The van der Waals surface area contributed by atoms with Crippen LogP contribution in [0.4, 0.5) is 11.5 Å². The highest BCUT2D eigenvalue weighted by Crippen LogP contribution is 2.18. The zero-order valence-electron chi connectivity index (χ0n) is 14.3. The summed E-state index contributed by atoms with van der Waals surface area (Å²) in [5.74, 6) is 0.833. The number of carbonyl (C=O) groups excluding carboxylic acids is 1. The Morgan fingerprint density at radius 2 is 1.84 bits per heavy atom. The number of rotatable bonds is 7. The number of benzene rings is 2. The Labute approximate surface area is 147 Å². The summed E-state index contributed by atoms with van der Waals surface area (Å²) in [6.45, 7) is 2.80. The smallest absolute Gasteiger partial charge is 0.224 e. The van der Waals surface area contributed by atoms with Gasteiger partial charge in [0.25, 0.3) is 0 Å². The van der Waals surface area contributed by atoms with Crippen molar-refractivity contribution in [2.75, 3.05) is 17.2 Å². The standard InChI is InChI=1S/C20H22N4O/c1-2-15-9-11-16(12-10-15)24-19(25)8-5-13-21-20-17-6-3-4-7-18(17)22-14-23-20/h3-4,6-7,9-12,14H,2,5,8,13H2,1H3,(H,24,25)(H,21,22,23). The first-order chi connectivity index (χ1) is 12.3. The summed E-state index contributed by atoms with van der Waals surface area (Å²) >= 11 is 0. The monoisotopic (exact) mass is 334 g/mol. The van der Waals surface area contributed by atoms with E-state index in [1.54, 1.807) is 6.33 Å². The molecular formula is C20H22N4O. The molecule has 2 aromatic carbocycles. The van der Waals surface area contributed by atoms with Crippen molar-refractivity contribution in [1.82, 2.24) is 9.97 Å². The number of aryl methyl sites for hydroxylation is 1. The lowest BCUT2D eigenvalue weighted by molar-refractivity contribution is -0.116. The molecule has 0 fully saturated rings. The zero-order chi connectivity index (χ0) is 17.5. The van der Waals surface area contributed by atoms with E-state index in [9.17, 15) is 4.79 Å². The normalized spacial score (nSPS) is 10.6. The highest BCUT2D eigenvalue weighted by molar-refractivity contribution is 5.91. The highest BCUT2D eigenvalue weighted by atomic mass is 16.1. The van der Waals surface area contributed by atoms with Crippen molar-refractivity contribution in [3.63, 3.8) is 0 Å². The molecule has 3 rings (SSSR count). The lowest BCUT2D eigenvalue weighted by atomic mass is 10.1. The molecule has 0 aliphatic carbocycles. The molecule has 25 heavy (non-hydrogen) atoms. The second-order valence-electron chi connectivity index (χ2n) is 5.87. The van der Waals surface area contributed by atoms with Gasteiger partial charge >= 0.3 is 0 Å². The van der Waals surface area contributed by atoms with Crippen LogP contribution in [0.1, 0.15) is 25.3 Å². The fourth-order valence-electron chi connectivity index (χ4n) is 2.65. The van der Waals surface area contributed by atoms with Crippen LogP contribution in [0.25, 0.3) is 10.9 Å². The van der Waals surface area contributed by atoms with E-state index in [0.29, 0.717) is 13.0 Å². The van der Waals surface area contributed by atoms with Crippen molar-refractivity contribution < 1.29 is 4.79 Å². The van der Waals surface area contributed by atoms with Crippen molar-refractivity contribution in [3.8, 4) is 0 Å². The Bertz CT molecular complexity index is 840. The van der Waals surface area contributed by atoms with Crippen molar-refractivity contribution in [2.24, 2.45) is 0 Å². The molecule has 0 bridgehead atoms. The molecule has 1 amide bonds. The topological polar surface area (TPSA) is 66.9 Å². The van der Waals surface area contributed by atoms with Crippen LogP contribution >= 0.6 is 0 Å². The number of hydrogen-bond acceptors (Lipinski definition) is 4. The van der Waals surface area contributed by atoms with Crippen molar-refractivity contribution in [3.05, 3.63) is 60.4 Å². The number of nitrogens with zero attached hydrogens (tertiary/aromatic N) is 2. The molecule has 128 valence electrons. The Kier molecular flexibility index (Phi) is 5.57. The van der Waals surface area contributed by atoms with E-state index >= 15 is 0 Å². The fraction of sp³-hybridized carbons (Fsp3) is 0.250. The van der Waals surface area contributed by atoms with Crippen molar-refractivity contribution in [1.29, 1.82) is 0 Å². The molecule has 0 aliphatic rings. The van der Waals surface area contributed by atoms with Crippen LogP contribution < -0.4 is 10.6 Å². The number of carbonyl (C=O) groups is 1. The number of fused-ring (bicyclic) bond motifs is 1. The predicted molar refractivity (Wildman–Crippen MR) is 102 cm³/mol. The number of nitrogens with one attached hydrogen (secondary N) is 2. The minimum absolute atomic E-state index is 0.0265. The molecular weight excluding hydrogens is 312 g/mol. The van der Waals surface area contributed by atoms with Gasteiger partial charge in [-0.3, -0.25) is 4.79 Å². The number of para-hydroxylation sites is 1. The third kappa shape index (κ3) is 4.53. The summed E-state index contributed by atoms with van der Waals surface area (Å²) in [4.78, 5) is 20.6. The average Bonchev–Trinajstić information content (AvgIpc) is 2.66. The number of anilines is 2. The number of aromatic nitrogens is 2. The van der Waals surface area contributed by atoms with Gasteiger partial charge in [0.15, 0.2) is 0 Å². The molecule has 1 aromatic heterocycles. The highest BCUT2D eigenvalue weighted by Gasteiger charge is 2.04. The van der Waals surface area contributed by atoms with Crippen molar-refractivity contribution >= 4 is 28.3 Å². The summed E-state index contributed by atoms with van der Waals surface area (Å²) in [5.41, 5.74) is 3.02. The predicted octanol–water partition coefficient (Wildman–Crippen LogP) is 4.02. The molecule has 0 aliphatic heterocycles. The molecule has 0 saturated heterocycles. The molecule has 2 N–H and O–H groups in total. The molecule has 0 spiro atoms. The Morgan fingerprint density at radius 1 is 1.04 bits per heavy atom. The quantitative estimate of drug-likeness (QED) is 0.640. The summed E-state index contributed by atoms with van der Waals surface area (Å²) in [5, 5.41) is 7.21. The lowest BCUT2D eigenvalue weighted by Gasteiger charge is -2.09. The number of amides is 1. The van der Waals surface area contributed by atoms with E-state index in [2.05, 4.69) is 27.5 Å². The van der Waals surface area contributed by atoms with Gasteiger partial charge in [0.1, 0.15) is 12.1 Å². The summed E-state index contributed by atoms with van der Waals surface area (Å²) < 4.78 is 0. The molecule has 5 nitrogen and oxygen atoms in total. The fourth-order valence-corrected chi connectivity index (χ4v) is 2.65. The molecule has 0 unspecified atom stereocenters. The SMILES string of the molecule is CCc1ccc(NC(=O)CCCNc2ncnc3ccccc23)cc1. The van der Waals surface area contributed by atoms with Crippen LogP contribution in [0.5, 0.6) is 0 Å². The van der Waals surface area contributed by atoms with Crippen molar-refractivity contribution in [2.45, 2.75) is 26.2 Å². The average molecular weight is 334 g/mol. The van der Waals surface area contributed by atoms with E-state index in [-0.39, 0.29) is 5.91 Å². The van der Waals surface area contributed by atoms with Crippen LogP contribution in [0.3, 0.4) is 0 Å². The lowest BCUT2D eigenvalue weighted by Crippen LogP contribution is -2.13. The van der Waals surface area contributed by atoms with Crippen LogP contribution in [0, 0.1) is 0 Å². The molecule has 1 heterocycles. The van der Waals surface area contributed by atoms with Crippen LogP contribution in [-0.2, 0) is 11.2 Å². The van der Waals surface area contributed by atoms with Gasteiger partial charge in [0.2, 0.25) is 5.91 Å². The Hall–Kier alpha value is -2.95. The van der Waals surface area contributed by atoms with Gasteiger partial charge in [-0.2, -0.15) is 0 Å². The summed E-state index contributed by atoms with van der Waals surface area (Å²) in [6.07, 6.45) is 3.75. The molecule has 0 atom stereocenters. The summed E-state index contributed by atoms with van der Waals surface area (Å²) in [7, 11) is 0. The van der Waals surface area contributed by atoms with Gasteiger partial charge in [-0.05, 0) is 42.7 Å². The van der Waals surface area contributed by atoms with E-state index in [4.69, 9.17) is 0 Å². The maximum atomic E-state index is 12.0. The first-order valence-electron chi connectivity index (χ1n) is 8.58. The van der Waals surface area contributed by atoms with E-state index < -0.39 is 0 Å². The first kappa shape index (κ1) is 16.9. The van der Waals surface area contributed by atoms with Gasteiger partial charge in [-0.15, -0.1) is 0 Å². The molecule has 3 aromatic rings. The summed E-state index contributed by atoms with van der Waals surface area (Å²) in [6, 6.07) is 15.8. The third-order valence-corrected chi connectivity index (χ3v) is 4.06. The van der Waals surface area contributed by atoms with E-state index in [1.165, 1.54) is 5.56 Å². The van der Waals surface area contributed by atoms with E-state index in [0.717, 1.165) is 35.2 Å². The largest absolute Gasteiger partial charge is 0.369 e. The second-order valence-corrected chi connectivity index (χ2v) is 5.87. The van der Waals surface area contributed by atoms with Crippen LogP contribution in [0.2, 0.25) is 0 Å². The van der Waals surface area contributed by atoms with E-state index in [1.807, 2.05) is 48.5 Å². The van der Waals surface area contributed by atoms with Gasteiger partial charge in [0.05, 0.1) is 5.52 Å². The minimum Gasteiger partial charge on any atom is -0.369 e. The molecule has 5 heteroatoms.